The standard InChI is InChI=1S/C15H29NO/c1-4-13(5-2)12-16(6-3)14-10-8-7-9-11-15(14)17/h13-14H,4-12H2,1-3H3. The number of rotatable bonds is 6. The average Bonchev–Trinajstić information content (AvgIpc) is 2.56. The number of ketones is 1. The molecule has 1 atom stereocenters. The Bertz CT molecular complexity index is 223. The van der Waals surface area contributed by atoms with E-state index in [-0.39, 0.29) is 6.04 Å². The molecule has 0 radical (unpaired) electrons. The number of likely N-dealkylation sites (N-methyl/N-ethyl adjacent to an activating group) is 1. The quantitative estimate of drug-likeness (QED) is 0.659. The Morgan fingerprint density at radius 3 is 2.47 bits per heavy atom. The highest BCUT2D eigenvalue weighted by Gasteiger charge is 2.26. The normalized spacial score (nSPS) is 22.2. The van der Waals surface area contributed by atoms with Crippen molar-refractivity contribution < 1.29 is 4.79 Å². The van der Waals surface area contributed by atoms with Crippen molar-refractivity contribution in [2.45, 2.75) is 71.8 Å². The maximum atomic E-state index is 12.1. The summed E-state index contributed by atoms with van der Waals surface area (Å²) >= 11 is 0. The van der Waals surface area contributed by atoms with Crippen molar-refractivity contribution in [2.75, 3.05) is 13.1 Å². The first-order valence-electron chi connectivity index (χ1n) is 7.49. The number of nitrogens with zero attached hydrogens (tertiary/aromatic N) is 1. The van der Waals surface area contributed by atoms with Crippen LogP contribution in [-0.4, -0.2) is 29.8 Å². The summed E-state index contributed by atoms with van der Waals surface area (Å²) in [6, 6.07) is 0.225. The van der Waals surface area contributed by atoms with Gasteiger partial charge in [-0.3, -0.25) is 9.69 Å². The molecule has 0 heterocycles. The van der Waals surface area contributed by atoms with Crippen molar-refractivity contribution in [1.82, 2.24) is 4.90 Å². The lowest BCUT2D eigenvalue weighted by Gasteiger charge is -2.31. The van der Waals surface area contributed by atoms with E-state index >= 15 is 0 Å². The Kier molecular flexibility index (Phi) is 6.79. The first kappa shape index (κ1) is 14.7. The molecular formula is C15H29NO. The van der Waals surface area contributed by atoms with Gasteiger partial charge < -0.3 is 0 Å². The fourth-order valence-electron chi connectivity index (χ4n) is 2.88. The molecule has 1 saturated carbocycles. The van der Waals surface area contributed by atoms with E-state index in [1.165, 1.54) is 25.7 Å². The Morgan fingerprint density at radius 1 is 1.18 bits per heavy atom. The van der Waals surface area contributed by atoms with E-state index in [9.17, 15) is 4.79 Å². The van der Waals surface area contributed by atoms with Gasteiger partial charge in [-0.25, -0.2) is 0 Å². The number of carbonyl (C=O) groups is 1. The molecule has 1 aliphatic carbocycles. The largest absolute Gasteiger partial charge is 0.298 e. The second-order valence-electron chi connectivity index (χ2n) is 5.35. The zero-order valence-electron chi connectivity index (χ0n) is 11.9. The third kappa shape index (κ3) is 4.42. The number of carbonyl (C=O) groups excluding carboxylic acids is 1. The Labute approximate surface area is 107 Å². The predicted octanol–water partition coefficient (Wildman–Crippen LogP) is 3.65. The van der Waals surface area contributed by atoms with Crippen molar-refractivity contribution in [3.63, 3.8) is 0 Å². The van der Waals surface area contributed by atoms with E-state index in [0.29, 0.717) is 5.78 Å². The van der Waals surface area contributed by atoms with E-state index in [0.717, 1.165) is 38.3 Å². The second-order valence-corrected chi connectivity index (χ2v) is 5.35. The Balaban J connectivity index is 2.60. The lowest BCUT2D eigenvalue weighted by Crippen LogP contribution is -2.43. The van der Waals surface area contributed by atoms with Crippen LogP contribution in [0.5, 0.6) is 0 Å². The summed E-state index contributed by atoms with van der Waals surface area (Å²) in [5.41, 5.74) is 0. The van der Waals surface area contributed by atoms with Crippen LogP contribution in [0.3, 0.4) is 0 Å². The molecule has 1 unspecified atom stereocenters. The lowest BCUT2D eigenvalue weighted by atomic mass is 9.99. The molecule has 100 valence electrons. The van der Waals surface area contributed by atoms with Gasteiger partial charge >= 0.3 is 0 Å². The van der Waals surface area contributed by atoms with Gasteiger partial charge in [0.05, 0.1) is 6.04 Å². The van der Waals surface area contributed by atoms with Crippen LogP contribution in [0.4, 0.5) is 0 Å². The maximum Gasteiger partial charge on any atom is 0.149 e. The molecule has 0 spiro atoms. The summed E-state index contributed by atoms with van der Waals surface area (Å²) in [5.74, 6) is 1.25. The minimum absolute atomic E-state index is 0.225. The maximum absolute atomic E-state index is 12.1. The Morgan fingerprint density at radius 2 is 1.88 bits per heavy atom. The second kappa shape index (κ2) is 7.86. The van der Waals surface area contributed by atoms with E-state index in [2.05, 4.69) is 25.7 Å². The molecule has 0 aromatic carbocycles. The van der Waals surface area contributed by atoms with Crippen LogP contribution in [0.1, 0.15) is 65.7 Å². The number of hydrogen-bond donors (Lipinski definition) is 0. The van der Waals surface area contributed by atoms with Gasteiger partial charge in [-0.1, -0.05) is 46.5 Å². The zero-order valence-corrected chi connectivity index (χ0v) is 11.9. The van der Waals surface area contributed by atoms with E-state index in [1.54, 1.807) is 0 Å². The van der Waals surface area contributed by atoms with Crippen molar-refractivity contribution in [2.24, 2.45) is 5.92 Å². The van der Waals surface area contributed by atoms with Crippen molar-refractivity contribution in [1.29, 1.82) is 0 Å². The fourth-order valence-corrected chi connectivity index (χ4v) is 2.88. The van der Waals surface area contributed by atoms with E-state index in [4.69, 9.17) is 0 Å². The van der Waals surface area contributed by atoms with Gasteiger partial charge in [-0.05, 0) is 25.3 Å². The Hall–Kier alpha value is -0.370. The molecule has 2 nitrogen and oxygen atoms in total. The minimum Gasteiger partial charge on any atom is -0.298 e. The van der Waals surface area contributed by atoms with Gasteiger partial charge in [0.25, 0.3) is 0 Å². The monoisotopic (exact) mass is 239 g/mol. The molecule has 1 aliphatic rings. The molecule has 1 fully saturated rings. The average molecular weight is 239 g/mol. The smallest absolute Gasteiger partial charge is 0.149 e. The fraction of sp³-hybridized carbons (Fsp3) is 0.933. The molecule has 0 aliphatic heterocycles. The minimum atomic E-state index is 0.225. The number of hydrogen-bond acceptors (Lipinski definition) is 2. The third-order valence-electron chi connectivity index (χ3n) is 4.27. The van der Waals surface area contributed by atoms with Crippen LogP contribution in [0, 0.1) is 5.92 Å². The molecule has 0 aromatic rings. The molecule has 0 amide bonds. The summed E-state index contributed by atoms with van der Waals surface area (Å²) in [6.07, 6.45) is 7.94. The first-order chi connectivity index (χ1) is 8.22. The molecule has 1 rings (SSSR count). The van der Waals surface area contributed by atoms with Gasteiger partial charge in [-0.15, -0.1) is 0 Å². The van der Waals surface area contributed by atoms with Crippen molar-refractivity contribution in [3.8, 4) is 0 Å². The lowest BCUT2D eigenvalue weighted by molar-refractivity contribution is -0.124. The van der Waals surface area contributed by atoms with Crippen LogP contribution < -0.4 is 0 Å². The summed E-state index contributed by atoms with van der Waals surface area (Å²) in [5, 5.41) is 0. The SMILES string of the molecule is CCC(CC)CN(CC)C1CCCCCC1=O. The van der Waals surface area contributed by atoms with E-state index in [1.807, 2.05) is 0 Å². The van der Waals surface area contributed by atoms with Gasteiger partial charge in [0.15, 0.2) is 0 Å². The molecule has 0 N–H and O–H groups in total. The highest BCUT2D eigenvalue weighted by Crippen LogP contribution is 2.21. The molecule has 17 heavy (non-hydrogen) atoms. The topological polar surface area (TPSA) is 20.3 Å². The van der Waals surface area contributed by atoms with Crippen LogP contribution in [0.2, 0.25) is 0 Å². The van der Waals surface area contributed by atoms with Gasteiger partial charge in [-0.2, -0.15) is 0 Å². The number of Topliss-reactive ketones (excluding diaryl/α,β-unsaturated/α-hetero) is 1. The predicted molar refractivity (Wildman–Crippen MR) is 73.2 cm³/mol. The van der Waals surface area contributed by atoms with Gasteiger partial charge in [0, 0.05) is 13.0 Å². The van der Waals surface area contributed by atoms with Crippen LogP contribution in [-0.2, 0) is 4.79 Å². The highest BCUT2D eigenvalue weighted by atomic mass is 16.1. The summed E-state index contributed by atoms with van der Waals surface area (Å²) in [4.78, 5) is 14.6. The summed E-state index contributed by atoms with van der Waals surface area (Å²) < 4.78 is 0. The first-order valence-corrected chi connectivity index (χ1v) is 7.49. The summed E-state index contributed by atoms with van der Waals surface area (Å²) in [6.45, 7) is 8.85. The van der Waals surface area contributed by atoms with Gasteiger partial charge in [0.1, 0.15) is 5.78 Å². The van der Waals surface area contributed by atoms with Crippen molar-refractivity contribution in [3.05, 3.63) is 0 Å². The van der Waals surface area contributed by atoms with E-state index < -0.39 is 0 Å². The molecule has 2 heteroatoms. The molecule has 0 aromatic heterocycles. The molecule has 0 saturated heterocycles. The van der Waals surface area contributed by atoms with Crippen LogP contribution >= 0.6 is 0 Å². The third-order valence-corrected chi connectivity index (χ3v) is 4.27. The zero-order chi connectivity index (χ0) is 12.7. The highest BCUT2D eigenvalue weighted by molar-refractivity contribution is 5.84. The van der Waals surface area contributed by atoms with Crippen LogP contribution in [0.15, 0.2) is 0 Å². The van der Waals surface area contributed by atoms with Gasteiger partial charge in [0.2, 0.25) is 0 Å². The van der Waals surface area contributed by atoms with Crippen molar-refractivity contribution >= 4 is 5.78 Å². The summed E-state index contributed by atoms with van der Waals surface area (Å²) in [7, 11) is 0. The van der Waals surface area contributed by atoms with Crippen LogP contribution in [0.25, 0.3) is 0 Å². The molecule has 0 bridgehead atoms. The molecular weight excluding hydrogens is 210 g/mol.